The summed E-state index contributed by atoms with van der Waals surface area (Å²) in [5.41, 5.74) is 2.25. The number of nitrogens with one attached hydrogen (secondary N) is 1. The standard InChI is InChI=1S/C18H25N3O/c1-3-21-11-5-6-15(13-21)18-19-12-17(20-18)14-7-9-16(10-8-14)22-4-2/h7-10,12,15H,3-6,11,13H2,1-2H3,(H,19,20)/t15-/m0/s1. The first-order valence-corrected chi connectivity index (χ1v) is 8.30. The van der Waals surface area contributed by atoms with Gasteiger partial charge in [-0.1, -0.05) is 6.92 Å². The lowest BCUT2D eigenvalue weighted by Crippen LogP contribution is -2.34. The van der Waals surface area contributed by atoms with Crippen molar-refractivity contribution in [3.05, 3.63) is 36.3 Å². The van der Waals surface area contributed by atoms with E-state index in [9.17, 15) is 0 Å². The summed E-state index contributed by atoms with van der Waals surface area (Å²) in [6.45, 7) is 8.40. The molecule has 22 heavy (non-hydrogen) atoms. The zero-order chi connectivity index (χ0) is 15.4. The van der Waals surface area contributed by atoms with Crippen molar-refractivity contribution in [2.24, 2.45) is 0 Å². The van der Waals surface area contributed by atoms with E-state index in [1.54, 1.807) is 0 Å². The molecule has 118 valence electrons. The Kier molecular flexibility index (Phi) is 4.78. The number of piperidine rings is 1. The summed E-state index contributed by atoms with van der Waals surface area (Å²) in [4.78, 5) is 10.7. The van der Waals surface area contributed by atoms with Gasteiger partial charge < -0.3 is 14.6 Å². The van der Waals surface area contributed by atoms with Crippen molar-refractivity contribution >= 4 is 0 Å². The van der Waals surface area contributed by atoms with Crippen LogP contribution >= 0.6 is 0 Å². The highest BCUT2D eigenvalue weighted by Gasteiger charge is 2.22. The molecule has 3 rings (SSSR count). The number of nitrogens with zero attached hydrogens (tertiary/aromatic N) is 2. The van der Waals surface area contributed by atoms with E-state index in [1.807, 2.05) is 25.3 Å². The largest absolute Gasteiger partial charge is 0.494 e. The van der Waals surface area contributed by atoms with Gasteiger partial charge in [-0.25, -0.2) is 4.98 Å². The number of imidazole rings is 1. The van der Waals surface area contributed by atoms with Crippen LogP contribution < -0.4 is 4.74 Å². The summed E-state index contributed by atoms with van der Waals surface area (Å²) < 4.78 is 5.49. The second-order valence-electron chi connectivity index (χ2n) is 5.87. The van der Waals surface area contributed by atoms with Gasteiger partial charge in [-0.05, 0) is 62.7 Å². The highest BCUT2D eigenvalue weighted by molar-refractivity contribution is 5.59. The predicted octanol–water partition coefficient (Wildman–Crippen LogP) is 3.67. The first-order chi connectivity index (χ1) is 10.8. The van der Waals surface area contributed by atoms with Gasteiger partial charge in [0.1, 0.15) is 11.6 Å². The zero-order valence-corrected chi connectivity index (χ0v) is 13.5. The number of benzene rings is 1. The maximum absolute atomic E-state index is 5.49. The molecule has 0 radical (unpaired) electrons. The van der Waals surface area contributed by atoms with E-state index >= 15 is 0 Å². The lowest BCUT2D eigenvalue weighted by Gasteiger charge is -2.30. The Morgan fingerprint density at radius 3 is 2.82 bits per heavy atom. The fourth-order valence-corrected chi connectivity index (χ4v) is 3.15. The van der Waals surface area contributed by atoms with Crippen LogP contribution in [0.15, 0.2) is 30.5 Å². The minimum Gasteiger partial charge on any atom is -0.494 e. The van der Waals surface area contributed by atoms with Crippen LogP contribution in [0.4, 0.5) is 0 Å². The minimum atomic E-state index is 0.533. The van der Waals surface area contributed by atoms with Gasteiger partial charge in [0, 0.05) is 12.5 Å². The molecule has 4 nitrogen and oxygen atoms in total. The number of aromatic nitrogens is 2. The van der Waals surface area contributed by atoms with E-state index in [2.05, 4.69) is 33.9 Å². The quantitative estimate of drug-likeness (QED) is 0.915. The SMILES string of the molecule is CCOc1ccc(-c2cnc([C@H]3CCCN(CC)C3)[nH]2)cc1. The molecule has 2 heterocycles. The van der Waals surface area contributed by atoms with Gasteiger partial charge in [0.25, 0.3) is 0 Å². The molecule has 1 atom stereocenters. The van der Waals surface area contributed by atoms with Crippen molar-refractivity contribution in [1.29, 1.82) is 0 Å². The Balaban J connectivity index is 1.72. The molecule has 1 saturated heterocycles. The summed E-state index contributed by atoms with van der Waals surface area (Å²) >= 11 is 0. The summed E-state index contributed by atoms with van der Waals surface area (Å²) in [6.07, 6.45) is 4.44. The van der Waals surface area contributed by atoms with Gasteiger partial charge in [-0.2, -0.15) is 0 Å². The van der Waals surface area contributed by atoms with Crippen LogP contribution in [0, 0.1) is 0 Å². The van der Waals surface area contributed by atoms with E-state index in [0.717, 1.165) is 35.9 Å². The first kappa shape index (κ1) is 15.1. The average Bonchev–Trinajstić information content (AvgIpc) is 3.06. The van der Waals surface area contributed by atoms with Crippen molar-refractivity contribution in [2.45, 2.75) is 32.6 Å². The number of rotatable bonds is 5. The van der Waals surface area contributed by atoms with Crippen LogP contribution in [0.5, 0.6) is 5.75 Å². The van der Waals surface area contributed by atoms with Crippen LogP contribution in [-0.2, 0) is 0 Å². The van der Waals surface area contributed by atoms with Gasteiger partial charge in [0.2, 0.25) is 0 Å². The predicted molar refractivity (Wildman–Crippen MR) is 89.3 cm³/mol. The summed E-state index contributed by atoms with van der Waals surface area (Å²) in [7, 11) is 0. The highest BCUT2D eigenvalue weighted by atomic mass is 16.5. The monoisotopic (exact) mass is 299 g/mol. The second-order valence-corrected chi connectivity index (χ2v) is 5.87. The summed E-state index contributed by atoms with van der Waals surface area (Å²) in [5.74, 6) is 2.57. The molecule has 1 aliphatic rings. The third-order valence-electron chi connectivity index (χ3n) is 4.41. The Morgan fingerprint density at radius 2 is 2.09 bits per heavy atom. The van der Waals surface area contributed by atoms with Gasteiger partial charge in [0.05, 0.1) is 18.5 Å². The molecule has 0 aliphatic carbocycles. The van der Waals surface area contributed by atoms with Crippen LogP contribution in [-0.4, -0.2) is 41.1 Å². The van der Waals surface area contributed by atoms with Crippen LogP contribution in [0.3, 0.4) is 0 Å². The molecule has 0 saturated carbocycles. The number of hydrogen-bond acceptors (Lipinski definition) is 3. The van der Waals surface area contributed by atoms with Gasteiger partial charge in [-0.15, -0.1) is 0 Å². The Bertz CT molecular complexity index is 591. The van der Waals surface area contributed by atoms with Crippen molar-refractivity contribution < 1.29 is 4.74 Å². The Morgan fingerprint density at radius 1 is 1.27 bits per heavy atom. The topological polar surface area (TPSA) is 41.1 Å². The third kappa shape index (κ3) is 3.33. The van der Waals surface area contributed by atoms with Crippen molar-refractivity contribution in [1.82, 2.24) is 14.9 Å². The molecule has 1 aliphatic heterocycles. The maximum Gasteiger partial charge on any atom is 0.119 e. The zero-order valence-electron chi connectivity index (χ0n) is 13.5. The van der Waals surface area contributed by atoms with E-state index in [4.69, 9.17) is 4.74 Å². The van der Waals surface area contributed by atoms with Crippen molar-refractivity contribution in [3.63, 3.8) is 0 Å². The van der Waals surface area contributed by atoms with Gasteiger partial charge in [-0.3, -0.25) is 0 Å². The lowest BCUT2D eigenvalue weighted by molar-refractivity contribution is 0.214. The molecule has 0 amide bonds. The lowest BCUT2D eigenvalue weighted by atomic mass is 9.97. The number of aromatic amines is 1. The molecule has 0 spiro atoms. The highest BCUT2D eigenvalue weighted by Crippen LogP contribution is 2.27. The molecule has 1 fully saturated rings. The molecule has 4 heteroatoms. The van der Waals surface area contributed by atoms with Gasteiger partial charge in [0.15, 0.2) is 0 Å². The number of ether oxygens (including phenoxy) is 1. The van der Waals surface area contributed by atoms with E-state index in [0.29, 0.717) is 12.5 Å². The van der Waals surface area contributed by atoms with Crippen LogP contribution in [0.2, 0.25) is 0 Å². The number of H-pyrrole nitrogens is 1. The first-order valence-electron chi connectivity index (χ1n) is 8.30. The summed E-state index contributed by atoms with van der Waals surface area (Å²) in [6, 6.07) is 8.19. The summed E-state index contributed by atoms with van der Waals surface area (Å²) in [5, 5.41) is 0. The van der Waals surface area contributed by atoms with E-state index < -0.39 is 0 Å². The Hall–Kier alpha value is -1.81. The Labute approximate surface area is 132 Å². The molecule has 2 aromatic rings. The van der Waals surface area contributed by atoms with E-state index in [-0.39, 0.29) is 0 Å². The molecule has 0 bridgehead atoms. The second kappa shape index (κ2) is 6.97. The molecule has 1 aromatic carbocycles. The van der Waals surface area contributed by atoms with Crippen LogP contribution in [0.25, 0.3) is 11.3 Å². The van der Waals surface area contributed by atoms with Gasteiger partial charge >= 0.3 is 0 Å². The molecular weight excluding hydrogens is 274 g/mol. The normalized spacial score (nSPS) is 19.3. The smallest absolute Gasteiger partial charge is 0.119 e. The number of likely N-dealkylation sites (N-methyl/N-ethyl adjacent to an activating group) is 1. The molecular formula is C18H25N3O. The number of hydrogen-bond donors (Lipinski definition) is 1. The minimum absolute atomic E-state index is 0.533. The number of likely N-dealkylation sites (tertiary alicyclic amines) is 1. The van der Waals surface area contributed by atoms with Crippen LogP contribution in [0.1, 0.15) is 38.4 Å². The molecule has 1 N–H and O–H groups in total. The fraction of sp³-hybridized carbons (Fsp3) is 0.500. The average molecular weight is 299 g/mol. The maximum atomic E-state index is 5.49. The van der Waals surface area contributed by atoms with Crippen molar-refractivity contribution in [2.75, 3.05) is 26.2 Å². The van der Waals surface area contributed by atoms with E-state index in [1.165, 1.54) is 19.4 Å². The van der Waals surface area contributed by atoms with Crippen molar-refractivity contribution in [3.8, 4) is 17.0 Å². The molecule has 0 unspecified atom stereocenters. The molecule has 1 aromatic heterocycles. The third-order valence-corrected chi connectivity index (χ3v) is 4.41. The fourth-order valence-electron chi connectivity index (χ4n) is 3.15.